The number of benzene rings is 4. The van der Waals surface area contributed by atoms with Gasteiger partial charge in [-0.15, -0.1) is 0 Å². The Morgan fingerprint density at radius 1 is 0.532 bits per heavy atom. The molecule has 6 aliphatic rings. The van der Waals surface area contributed by atoms with Crippen LogP contribution in [0, 0.1) is 28.4 Å². The van der Waals surface area contributed by atoms with Crippen LogP contribution in [0.2, 0.25) is 0 Å². The monoisotopic (exact) mass is 1580 g/mol. The summed E-state index contributed by atoms with van der Waals surface area (Å²) in [5.74, 6) is -0.00980. The van der Waals surface area contributed by atoms with Gasteiger partial charge in [0.1, 0.15) is 151 Å². The van der Waals surface area contributed by atoms with Gasteiger partial charge in [0.15, 0.2) is 36.5 Å². The highest BCUT2D eigenvalue weighted by Crippen LogP contribution is 2.37. The first-order valence-electron chi connectivity index (χ1n) is 33.2. The Morgan fingerprint density at radius 3 is 1.50 bits per heavy atom. The lowest BCUT2D eigenvalue weighted by atomic mass is 9.99. The number of nitro groups is 1. The van der Waals surface area contributed by atoms with Gasteiger partial charge in [0.25, 0.3) is 5.69 Å². The molecule has 0 saturated carbocycles. The molecule has 7 heterocycles. The molecular weight excluding hydrogens is 1490 g/mol. The van der Waals surface area contributed by atoms with Gasteiger partial charge in [0.05, 0.1) is 56.7 Å². The number of phenols is 1. The normalized spacial score (nSPS) is 35.9. The topological polar surface area (TPSA) is 695 Å². The lowest BCUT2D eigenvalue weighted by Crippen LogP contribution is -2.60. The molecule has 0 spiro atoms. The number of nitro benzene ring substituents is 1. The maximum absolute atomic E-state index is 11.2. The Morgan fingerprint density at radius 2 is 0.991 bits per heavy atom. The van der Waals surface area contributed by atoms with Crippen molar-refractivity contribution >= 4 is 28.4 Å². The number of aliphatic hydroxyl groups is 22. The van der Waals surface area contributed by atoms with Crippen molar-refractivity contribution in [1.29, 1.82) is 5.26 Å². The van der Waals surface area contributed by atoms with Gasteiger partial charge in [0.2, 0.25) is 12.6 Å². The van der Waals surface area contributed by atoms with Gasteiger partial charge in [-0.05, 0) is 48.9 Å². The number of phenolic OH excluding ortho intramolecular Hbond substituents is 1. The molecule has 25 N–H and O–H groups in total. The van der Waals surface area contributed by atoms with Crippen LogP contribution in [-0.2, 0) is 42.6 Å². The summed E-state index contributed by atoms with van der Waals surface area (Å²) < 4.78 is 63.1. The second-order valence-electron chi connectivity index (χ2n) is 25.0. The zero-order chi connectivity index (χ0) is 79.5. The summed E-state index contributed by atoms with van der Waals surface area (Å²) in [6.07, 6.45) is -37.7. The Labute approximate surface area is 622 Å². The lowest BCUT2D eigenvalue weighted by Gasteiger charge is -2.41. The summed E-state index contributed by atoms with van der Waals surface area (Å²) in [7, 11) is 1.30. The van der Waals surface area contributed by atoms with Gasteiger partial charge < -0.3 is 179 Å². The van der Waals surface area contributed by atoms with E-state index in [2.05, 4.69) is 0 Å². The highest BCUT2D eigenvalue weighted by Gasteiger charge is 2.50. The van der Waals surface area contributed by atoms with Crippen LogP contribution in [0.1, 0.15) is 23.7 Å². The van der Waals surface area contributed by atoms with Crippen LogP contribution < -0.4 is 15.1 Å². The van der Waals surface area contributed by atoms with E-state index in [9.17, 15) is 117 Å². The van der Waals surface area contributed by atoms with Crippen LogP contribution >= 0.6 is 11.8 Å². The molecule has 0 amide bonds. The van der Waals surface area contributed by atoms with Crippen molar-refractivity contribution in [1.82, 2.24) is 0 Å². The Hall–Kier alpha value is -6.55. The average Bonchev–Trinajstić information content (AvgIpc) is 0.787. The number of non-ortho nitro benzene ring substituents is 1. The van der Waals surface area contributed by atoms with E-state index >= 15 is 0 Å². The minimum absolute atomic E-state index is 0. The van der Waals surface area contributed by atoms with Crippen LogP contribution in [-0.4, -0.2) is 352 Å². The lowest BCUT2D eigenvalue weighted by molar-refractivity contribution is -0.384. The molecule has 5 aromatic rings. The quantitative estimate of drug-likeness (QED) is 0.0207. The standard InChI is InChI=1S/C20H27NO10.C15H16O9.C13H18O6.C12H15NO7S.C7H14O6.H2O/c21-7-12(10-4-2-1-3-5-10)30-20-19(27)18(26)17(25)14(31-20)9-28-15-6-11(23)16(24)13(8-22)29-15;16-5-10-12(19)13(20)14(21)15(24-10)23-9-3-6-1-2-11(18)22-8(6)4-7(9)17;1-7-2-4-8(5-3-7)18-13-12(17)11(16)10(15)9(6-14)19-13;14-5-8-9(15)10(16)11(17)12(20-8)21-7-3-1-6(2-4-7)13(18)19;1-12-7-6(11)5(10)4(9)3(2-8)13-7;/h1-5,11-20,22-27H,6,8-9H2;1-4,10,12-17,19-21H,5H2;2-5,9-17H,6H2,1H3;1-4,8-12,14-17H,5H2;3-11H,2H2,1H3;1H2/t11-,12?,13-,14-,15-,16+,17-,18+,19-,20-;10-,12-,13+,14-,15-;9-,10-,11+,12+,13-;8-,9-,10+,11-,12+;3-,4-,5+,6-,7-;/m11111./s1. The number of aromatic hydroxyl groups is 1. The van der Waals surface area contributed by atoms with Crippen LogP contribution in [0.5, 0.6) is 17.2 Å². The molecule has 1 unspecified atom stereocenters. The minimum atomic E-state index is -1.63. The number of methoxy groups -OCH3 is 1. The largest absolute Gasteiger partial charge is 0.504 e. The summed E-state index contributed by atoms with van der Waals surface area (Å²) in [5, 5.41) is 241. The van der Waals surface area contributed by atoms with Crippen LogP contribution in [0.25, 0.3) is 11.0 Å². The van der Waals surface area contributed by atoms with Crippen LogP contribution in [0.15, 0.2) is 117 Å². The first kappa shape index (κ1) is 91.3. The molecular formula is C67H92N2O39S. The molecule has 6 saturated heterocycles. The molecule has 30 atom stereocenters. The number of nitrogens with zero attached hydrogens (tertiary/aromatic N) is 2. The number of hydrogen-bond donors (Lipinski definition) is 23. The molecule has 1 aromatic heterocycles. The molecule has 610 valence electrons. The molecule has 0 aliphatic carbocycles. The molecule has 109 heavy (non-hydrogen) atoms. The summed E-state index contributed by atoms with van der Waals surface area (Å²) in [4.78, 5) is 21.8. The van der Waals surface area contributed by atoms with E-state index in [-0.39, 0.29) is 41.3 Å². The fourth-order valence-electron chi connectivity index (χ4n) is 11.1. The predicted octanol–water partition coefficient (Wildman–Crippen LogP) is -8.13. The Bertz CT molecular complexity index is 3590. The smallest absolute Gasteiger partial charge is 0.336 e. The van der Waals surface area contributed by atoms with Crippen LogP contribution in [0.4, 0.5) is 5.69 Å². The van der Waals surface area contributed by atoms with E-state index in [1.54, 1.807) is 42.5 Å². The molecule has 6 fully saturated rings. The van der Waals surface area contributed by atoms with E-state index < -0.39 is 227 Å². The summed E-state index contributed by atoms with van der Waals surface area (Å²) in [6, 6.07) is 28.3. The van der Waals surface area contributed by atoms with Crippen molar-refractivity contribution in [2.45, 2.75) is 202 Å². The molecule has 42 heteroatoms. The minimum Gasteiger partial charge on any atom is -0.504 e. The third-order valence-corrected chi connectivity index (χ3v) is 18.6. The second-order valence-corrected chi connectivity index (χ2v) is 26.2. The Balaban J connectivity index is 0.000000218. The van der Waals surface area contributed by atoms with Crippen molar-refractivity contribution in [3.8, 4) is 23.3 Å². The van der Waals surface area contributed by atoms with Gasteiger partial charge in [-0.25, -0.2) is 4.79 Å². The van der Waals surface area contributed by atoms with Gasteiger partial charge in [-0.1, -0.05) is 59.8 Å². The highest BCUT2D eigenvalue weighted by molar-refractivity contribution is 7.99. The van der Waals surface area contributed by atoms with Crippen LogP contribution in [0.3, 0.4) is 0 Å². The zero-order valence-electron chi connectivity index (χ0n) is 57.8. The summed E-state index contributed by atoms with van der Waals surface area (Å²) in [6.45, 7) is -0.932. The predicted molar refractivity (Wildman–Crippen MR) is 362 cm³/mol. The first-order valence-corrected chi connectivity index (χ1v) is 34.1. The summed E-state index contributed by atoms with van der Waals surface area (Å²) >= 11 is 1.04. The molecule has 4 aromatic carbocycles. The van der Waals surface area contributed by atoms with E-state index in [0.29, 0.717) is 21.6 Å². The third kappa shape index (κ3) is 23.8. The maximum atomic E-state index is 11.2. The number of hydrogen-bond acceptors (Lipinski definition) is 40. The SMILES string of the molecule is CO[C@@H]1O[C@H](CO)[C@@H](O)[C@H](O)[C@H]1O.Cc1ccc(O[C@@H]2O[C@H](CO)[C@@H](O)[C@H](O)[C@@H]2O)cc1.N#CC(O[C@@H]1O[C@H](CO[C@H]2C[C@@H](O)[C@H](O)[C@@H](CO)O2)[C@@H](O)[C@H](O)[C@H]1O)c1ccccc1.O.O=[N+]([O-])c1ccc(S[C@@H]2O[C@H](CO)[C@@H](O)[C@H](O)[C@H]2O)cc1.O=c1ccc2cc(O[C@@H]3O[C@H](CO)[C@@H](O)[C@H](O)[C@H]3O)c(O)cc2o1. The van der Waals surface area contributed by atoms with Gasteiger partial charge in [-0.3, -0.25) is 10.1 Å². The first-order chi connectivity index (χ1) is 51.3. The molecule has 11 rings (SSSR count). The molecule has 0 bridgehead atoms. The van der Waals surface area contributed by atoms with Gasteiger partial charge in [0, 0.05) is 48.1 Å². The van der Waals surface area contributed by atoms with E-state index in [0.717, 1.165) is 23.4 Å². The third-order valence-electron chi connectivity index (χ3n) is 17.5. The number of fused-ring (bicyclic) bond motifs is 1. The number of nitriles is 1. The molecule has 6 aliphatic heterocycles. The van der Waals surface area contributed by atoms with Crippen molar-refractivity contribution in [3.63, 3.8) is 0 Å². The van der Waals surface area contributed by atoms with E-state index in [1.807, 2.05) is 25.1 Å². The molecule has 0 radical (unpaired) electrons. The van der Waals surface area contributed by atoms with Crippen molar-refractivity contribution in [2.75, 3.05) is 46.8 Å². The number of thioether (sulfide) groups is 1. The Kier molecular flexibility index (Phi) is 36.0. The van der Waals surface area contributed by atoms with Crippen molar-refractivity contribution in [2.24, 2.45) is 0 Å². The maximum Gasteiger partial charge on any atom is 0.336 e. The average molecular weight is 1580 g/mol. The van der Waals surface area contributed by atoms with E-state index in [4.69, 9.17) is 76.9 Å². The number of aliphatic hydroxyl groups excluding tert-OH is 22. The van der Waals surface area contributed by atoms with Gasteiger partial charge in [-0.2, -0.15) is 5.26 Å². The van der Waals surface area contributed by atoms with E-state index in [1.165, 1.54) is 49.6 Å². The fourth-order valence-corrected chi connectivity index (χ4v) is 12.1. The second kappa shape index (κ2) is 42.9. The van der Waals surface area contributed by atoms with Crippen molar-refractivity contribution in [3.05, 3.63) is 135 Å². The number of aryl methyl sites for hydroxylation is 1. The van der Waals surface area contributed by atoms with Gasteiger partial charge >= 0.3 is 5.63 Å². The molecule has 41 nitrogen and oxygen atoms in total. The summed E-state index contributed by atoms with van der Waals surface area (Å²) in [5.41, 5.74) is 0.175. The highest BCUT2D eigenvalue weighted by atomic mass is 32.2. The zero-order valence-corrected chi connectivity index (χ0v) is 58.6. The van der Waals surface area contributed by atoms with Crippen molar-refractivity contribution < 1.29 is 184 Å². The fraction of sp³-hybridized carbons (Fsp3) is 0.582. The number of ether oxygens (including phenoxy) is 11. The number of rotatable bonds is 19.